The summed E-state index contributed by atoms with van der Waals surface area (Å²) in [5.74, 6) is -1.34. The van der Waals surface area contributed by atoms with Crippen LogP contribution >= 0.6 is 0 Å². The number of methoxy groups -OCH3 is 1. The molecule has 0 saturated carbocycles. The summed E-state index contributed by atoms with van der Waals surface area (Å²) in [5, 5.41) is 22.1. The molecule has 1 aliphatic rings. The Morgan fingerprint density at radius 2 is 1.75 bits per heavy atom. The minimum atomic E-state index is -1.02. The van der Waals surface area contributed by atoms with Gasteiger partial charge in [0.25, 0.3) is 11.5 Å². The van der Waals surface area contributed by atoms with Crippen LogP contribution in [-0.2, 0) is 9.59 Å². The summed E-state index contributed by atoms with van der Waals surface area (Å²) in [4.78, 5) is 41.9. The zero-order valence-electron chi connectivity index (χ0n) is 16.8. The van der Waals surface area contributed by atoms with Crippen molar-refractivity contribution in [2.45, 2.75) is 6.04 Å². The molecule has 32 heavy (non-hydrogen) atoms. The molecule has 0 aliphatic carbocycles. The fourth-order valence-corrected chi connectivity index (χ4v) is 3.56. The zero-order valence-corrected chi connectivity index (χ0v) is 16.8. The van der Waals surface area contributed by atoms with E-state index in [-0.39, 0.29) is 22.8 Å². The van der Waals surface area contributed by atoms with E-state index in [9.17, 15) is 24.8 Å². The van der Waals surface area contributed by atoms with Crippen LogP contribution < -0.4 is 9.64 Å². The molecule has 1 aliphatic heterocycles. The molecular formula is C23H17N3O6. The van der Waals surface area contributed by atoms with E-state index in [4.69, 9.17) is 4.74 Å². The van der Waals surface area contributed by atoms with Gasteiger partial charge in [-0.15, -0.1) is 0 Å². The molecule has 1 saturated heterocycles. The maximum atomic E-state index is 13.0. The van der Waals surface area contributed by atoms with Gasteiger partial charge in [-0.3, -0.25) is 24.6 Å². The third-order valence-electron chi connectivity index (χ3n) is 5.12. The Morgan fingerprint density at radius 1 is 1.06 bits per heavy atom. The Labute approximate surface area is 182 Å². The third-order valence-corrected chi connectivity index (χ3v) is 5.12. The SMILES string of the molecule is COc1ccc(C(O)=C2C(=O)C(=O)N(c3ccccn3)[C@H]2c2ccc([N+](=O)[O-])cc2)cc1. The summed E-state index contributed by atoms with van der Waals surface area (Å²) in [5.41, 5.74) is 0.450. The number of pyridine rings is 1. The van der Waals surface area contributed by atoms with Crippen LogP contribution in [0.1, 0.15) is 17.2 Å². The number of carbonyl (C=O) groups excluding carboxylic acids is 2. The van der Waals surface area contributed by atoms with Gasteiger partial charge in [0.05, 0.1) is 23.6 Å². The van der Waals surface area contributed by atoms with Crippen molar-refractivity contribution in [3.05, 3.63) is 99.7 Å². The lowest BCUT2D eigenvalue weighted by Gasteiger charge is -2.24. The highest BCUT2D eigenvalue weighted by Crippen LogP contribution is 2.41. The summed E-state index contributed by atoms with van der Waals surface area (Å²) in [6, 6.07) is 15.7. The largest absolute Gasteiger partial charge is 0.507 e. The topological polar surface area (TPSA) is 123 Å². The van der Waals surface area contributed by atoms with Gasteiger partial charge in [0.2, 0.25) is 0 Å². The molecule has 1 aromatic heterocycles. The van der Waals surface area contributed by atoms with Crippen LogP contribution in [0.3, 0.4) is 0 Å². The quantitative estimate of drug-likeness (QED) is 0.215. The van der Waals surface area contributed by atoms with Crippen LogP contribution in [0.15, 0.2) is 78.5 Å². The van der Waals surface area contributed by atoms with Crippen LogP contribution in [0.25, 0.3) is 5.76 Å². The second-order valence-electron chi connectivity index (χ2n) is 6.93. The molecule has 4 rings (SSSR count). The van der Waals surface area contributed by atoms with Crippen LogP contribution in [0.2, 0.25) is 0 Å². The highest BCUT2D eigenvalue weighted by Gasteiger charge is 2.47. The highest BCUT2D eigenvalue weighted by atomic mass is 16.6. The van der Waals surface area contributed by atoms with E-state index in [0.717, 1.165) is 0 Å². The number of aliphatic hydroxyl groups is 1. The van der Waals surface area contributed by atoms with Crippen molar-refractivity contribution in [3.8, 4) is 5.75 Å². The van der Waals surface area contributed by atoms with E-state index in [1.165, 1.54) is 42.5 Å². The molecule has 2 heterocycles. The lowest BCUT2D eigenvalue weighted by Crippen LogP contribution is -2.30. The number of Topliss-reactive ketones (excluding diaryl/α,β-unsaturated/α-hetero) is 1. The molecule has 160 valence electrons. The number of hydrogen-bond acceptors (Lipinski definition) is 7. The van der Waals surface area contributed by atoms with Crippen molar-refractivity contribution in [1.82, 2.24) is 4.98 Å². The Bertz CT molecular complexity index is 1220. The number of hydrogen-bond donors (Lipinski definition) is 1. The average Bonchev–Trinajstić information content (AvgIpc) is 3.09. The van der Waals surface area contributed by atoms with Crippen molar-refractivity contribution >= 4 is 29.0 Å². The number of nitro benzene ring substituents is 1. The Hall–Kier alpha value is -4.53. The fraction of sp³-hybridized carbons (Fsp3) is 0.0870. The molecule has 1 atom stereocenters. The Morgan fingerprint density at radius 3 is 2.31 bits per heavy atom. The Kier molecular flexibility index (Phi) is 5.38. The molecule has 1 amide bonds. The minimum Gasteiger partial charge on any atom is -0.507 e. The zero-order chi connectivity index (χ0) is 22.8. The molecule has 1 N–H and O–H groups in total. The number of non-ortho nitro benzene ring substituents is 1. The van der Waals surface area contributed by atoms with E-state index < -0.39 is 22.7 Å². The van der Waals surface area contributed by atoms with Crippen LogP contribution in [0.4, 0.5) is 11.5 Å². The van der Waals surface area contributed by atoms with Gasteiger partial charge in [-0.05, 0) is 54.1 Å². The van der Waals surface area contributed by atoms with Gasteiger partial charge in [0.15, 0.2) is 0 Å². The van der Waals surface area contributed by atoms with Crippen LogP contribution in [0, 0.1) is 10.1 Å². The van der Waals surface area contributed by atoms with Gasteiger partial charge in [-0.1, -0.05) is 6.07 Å². The number of carbonyl (C=O) groups is 2. The van der Waals surface area contributed by atoms with Gasteiger partial charge < -0.3 is 9.84 Å². The first kappa shape index (κ1) is 20.7. The molecule has 0 unspecified atom stereocenters. The summed E-state index contributed by atoms with van der Waals surface area (Å²) in [6.07, 6.45) is 1.48. The first-order valence-corrected chi connectivity index (χ1v) is 9.53. The maximum Gasteiger partial charge on any atom is 0.301 e. The van der Waals surface area contributed by atoms with E-state index in [2.05, 4.69) is 4.98 Å². The number of rotatable bonds is 5. The molecular weight excluding hydrogens is 414 g/mol. The molecule has 1 fully saturated rings. The minimum absolute atomic E-state index is 0.139. The highest BCUT2D eigenvalue weighted by molar-refractivity contribution is 6.51. The number of anilines is 1. The number of ketones is 1. The van der Waals surface area contributed by atoms with Crippen molar-refractivity contribution < 1.29 is 24.4 Å². The molecule has 9 nitrogen and oxygen atoms in total. The van der Waals surface area contributed by atoms with Gasteiger partial charge in [0, 0.05) is 23.9 Å². The van der Waals surface area contributed by atoms with Crippen LogP contribution in [-0.4, -0.2) is 33.8 Å². The van der Waals surface area contributed by atoms with E-state index in [1.54, 1.807) is 42.5 Å². The lowest BCUT2D eigenvalue weighted by molar-refractivity contribution is -0.384. The molecule has 0 radical (unpaired) electrons. The normalized spacial score (nSPS) is 17.4. The first-order valence-electron chi connectivity index (χ1n) is 9.53. The third kappa shape index (κ3) is 3.56. The van der Waals surface area contributed by atoms with Gasteiger partial charge in [-0.2, -0.15) is 0 Å². The van der Waals surface area contributed by atoms with Crippen molar-refractivity contribution in [2.24, 2.45) is 0 Å². The molecule has 0 bridgehead atoms. The summed E-state index contributed by atoms with van der Waals surface area (Å²) < 4.78 is 5.12. The van der Waals surface area contributed by atoms with Crippen molar-refractivity contribution in [2.75, 3.05) is 12.0 Å². The molecule has 0 spiro atoms. The Balaban J connectivity index is 1.90. The number of benzene rings is 2. The number of amides is 1. The second kappa shape index (κ2) is 8.31. The number of aliphatic hydroxyl groups excluding tert-OH is 1. The summed E-state index contributed by atoms with van der Waals surface area (Å²) in [6.45, 7) is 0. The van der Waals surface area contributed by atoms with Crippen LogP contribution in [0.5, 0.6) is 5.75 Å². The van der Waals surface area contributed by atoms with Gasteiger partial charge in [0.1, 0.15) is 17.3 Å². The fourth-order valence-electron chi connectivity index (χ4n) is 3.56. The average molecular weight is 431 g/mol. The number of nitrogens with zero attached hydrogens (tertiary/aromatic N) is 3. The van der Waals surface area contributed by atoms with E-state index in [1.807, 2.05) is 0 Å². The van der Waals surface area contributed by atoms with E-state index in [0.29, 0.717) is 16.9 Å². The summed E-state index contributed by atoms with van der Waals surface area (Å²) in [7, 11) is 1.50. The monoisotopic (exact) mass is 431 g/mol. The molecule has 9 heteroatoms. The maximum absolute atomic E-state index is 13.0. The summed E-state index contributed by atoms with van der Waals surface area (Å²) >= 11 is 0. The first-order chi connectivity index (χ1) is 15.4. The lowest BCUT2D eigenvalue weighted by atomic mass is 9.95. The van der Waals surface area contributed by atoms with Crippen molar-refractivity contribution in [1.29, 1.82) is 0 Å². The molecule has 3 aromatic rings. The number of nitro groups is 1. The smallest absolute Gasteiger partial charge is 0.301 e. The standard InChI is InChI=1S/C23H17N3O6/c1-32-17-11-7-15(8-12-17)21(27)19-20(14-5-9-16(10-6-14)26(30)31)25(23(29)22(19)28)18-4-2-3-13-24-18/h2-13,20,27H,1H3/t20-/m0/s1. The van der Waals surface area contributed by atoms with Crippen molar-refractivity contribution in [3.63, 3.8) is 0 Å². The number of ether oxygens (including phenoxy) is 1. The molecule has 2 aromatic carbocycles. The van der Waals surface area contributed by atoms with Gasteiger partial charge in [-0.25, -0.2) is 4.98 Å². The van der Waals surface area contributed by atoms with E-state index >= 15 is 0 Å². The predicted octanol–water partition coefficient (Wildman–Crippen LogP) is 3.62. The predicted molar refractivity (Wildman–Crippen MR) is 115 cm³/mol. The number of aromatic nitrogens is 1. The second-order valence-corrected chi connectivity index (χ2v) is 6.93. The van der Waals surface area contributed by atoms with Gasteiger partial charge >= 0.3 is 5.91 Å².